The van der Waals surface area contributed by atoms with Gasteiger partial charge in [-0.25, -0.2) is 17.7 Å². The van der Waals surface area contributed by atoms with E-state index in [-0.39, 0.29) is 11.8 Å². The van der Waals surface area contributed by atoms with Gasteiger partial charge in [-0.05, 0) is 25.0 Å². The number of aromatic nitrogens is 1. The highest BCUT2D eigenvalue weighted by Gasteiger charge is 2.33. The maximum absolute atomic E-state index is 12.9. The van der Waals surface area contributed by atoms with Crippen LogP contribution >= 0.6 is 11.3 Å². The summed E-state index contributed by atoms with van der Waals surface area (Å²) in [6.45, 7) is 3.69. The van der Waals surface area contributed by atoms with Crippen LogP contribution in [0.5, 0.6) is 5.75 Å². The first-order chi connectivity index (χ1) is 13.9. The lowest BCUT2D eigenvalue weighted by Gasteiger charge is -2.38. The second-order valence-electron chi connectivity index (χ2n) is 7.55. The molecule has 8 nitrogen and oxygen atoms in total. The SMILES string of the molecule is COc1cccc2sc(N3CCN(C(=O)C4CCN(S(C)(=O)=O)CC4)CC3)nc12. The number of hydrogen-bond acceptors (Lipinski definition) is 7. The molecule has 1 aromatic heterocycles. The molecule has 0 saturated carbocycles. The van der Waals surface area contributed by atoms with E-state index in [4.69, 9.17) is 9.72 Å². The normalized spacial score (nSPS) is 19.7. The number of ether oxygens (including phenoxy) is 1. The standard InChI is InChI=1S/C19H26N4O4S2/c1-27-15-4-3-5-16-17(15)20-19(28-16)22-12-10-21(11-13-22)18(24)14-6-8-23(9-7-14)29(2,25)26/h3-5,14H,6-13H2,1-2H3. The lowest BCUT2D eigenvalue weighted by atomic mass is 9.96. The molecule has 0 N–H and O–H groups in total. The number of fused-ring (bicyclic) bond motifs is 1. The van der Waals surface area contributed by atoms with Crippen molar-refractivity contribution in [3.8, 4) is 5.75 Å². The van der Waals surface area contributed by atoms with Crippen LogP contribution in [0, 0.1) is 5.92 Å². The maximum atomic E-state index is 12.9. The molecule has 0 unspecified atom stereocenters. The molecule has 2 aromatic rings. The number of carbonyl (C=O) groups excluding carboxylic acids is 1. The Balaban J connectivity index is 1.35. The number of benzene rings is 1. The first kappa shape index (κ1) is 20.4. The number of piperidine rings is 1. The molecular formula is C19H26N4O4S2. The third kappa shape index (κ3) is 4.19. The van der Waals surface area contributed by atoms with Gasteiger partial charge in [0.25, 0.3) is 0 Å². The first-order valence-electron chi connectivity index (χ1n) is 9.79. The van der Waals surface area contributed by atoms with E-state index < -0.39 is 10.0 Å². The van der Waals surface area contributed by atoms with Gasteiger partial charge in [0.05, 0.1) is 18.1 Å². The van der Waals surface area contributed by atoms with Gasteiger partial charge in [0.1, 0.15) is 11.3 Å². The van der Waals surface area contributed by atoms with E-state index >= 15 is 0 Å². The number of methoxy groups -OCH3 is 1. The van der Waals surface area contributed by atoms with Crippen molar-refractivity contribution in [2.24, 2.45) is 5.92 Å². The molecule has 10 heteroatoms. The smallest absolute Gasteiger partial charge is 0.225 e. The Morgan fingerprint density at radius 1 is 1.14 bits per heavy atom. The predicted octanol–water partition coefficient (Wildman–Crippen LogP) is 1.63. The van der Waals surface area contributed by atoms with Gasteiger partial charge in [-0.2, -0.15) is 0 Å². The number of carbonyl (C=O) groups is 1. The van der Waals surface area contributed by atoms with Crippen molar-refractivity contribution in [1.29, 1.82) is 0 Å². The Morgan fingerprint density at radius 2 is 1.83 bits per heavy atom. The van der Waals surface area contributed by atoms with Crippen LogP contribution in [0.25, 0.3) is 10.2 Å². The molecule has 0 bridgehead atoms. The number of thiazole rings is 1. The van der Waals surface area contributed by atoms with Gasteiger partial charge in [-0.15, -0.1) is 0 Å². The van der Waals surface area contributed by atoms with E-state index in [0.29, 0.717) is 39.0 Å². The summed E-state index contributed by atoms with van der Waals surface area (Å²) < 4.78 is 31.3. The first-order valence-corrected chi connectivity index (χ1v) is 12.5. The van der Waals surface area contributed by atoms with Gasteiger partial charge in [-0.3, -0.25) is 4.79 Å². The molecule has 1 aromatic carbocycles. The van der Waals surface area contributed by atoms with Crippen molar-refractivity contribution >= 4 is 42.6 Å². The van der Waals surface area contributed by atoms with E-state index in [1.54, 1.807) is 18.4 Å². The average Bonchev–Trinajstić information content (AvgIpc) is 3.17. The number of hydrogen-bond donors (Lipinski definition) is 0. The summed E-state index contributed by atoms with van der Waals surface area (Å²) in [7, 11) is -1.52. The molecule has 2 fully saturated rings. The Bertz CT molecular complexity index is 991. The van der Waals surface area contributed by atoms with Gasteiger partial charge in [0.15, 0.2) is 5.13 Å². The zero-order valence-corrected chi connectivity index (χ0v) is 18.3. The van der Waals surface area contributed by atoms with Crippen molar-refractivity contribution in [3.05, 3.63) is 18.2 Å². The molecule has 2 aliphatic heterocycles. The van der Waals surface area contributed by atoms with E-state index in [1.165, 1.54) is 10.6 Å². The zero-order chi connectivity index (χ0) is 20.6. The minimum Gasteiger partial charge on any atom is -0.494 e. The molecule has 2 aliphatic rings. The molecule has 1 amide bonds. The summed E-state index contributed by atoms with van der Waals surface area (Å²) in [6.07, 6.45) is 2.43. The van der Waals surface area contributed by atoms with E-state index in [0.717, 1.165) is 34.2 Å². The number of amides is 1. The fraction of sp³-hybridized carbons (Fsp3) is 0.579. The fourth-order valence-electron chi connectivity index (χ4n) is 4.02. The van der Waals surface area contributed by atoms with Crippen LogP contribution in [-0.4, -0.2) is 81.1 Å². The van der Waals surface area contributed by atoms with Gasteiger partial charge in [-0.1, -0.05) is 17.4 Å². The Kier molecular flexibility index (Phi) is 5.67. The van der Waals surface area contributed by atoms with Crippen molar-refractivity contribution < 1.29 is 17.9 Å². The van der Waals surface area contributed by atoms with Crippen LogP contribution in [0.15, 0.2) is 18.2 Å². The van der Waals surface area contributed by atoms with Crippen LogP contribution in [-0.2, 0) is 14.8 Å². The van der Waals surface area contributed by atoms with Crippen LogP contribution in [0.4, 0.5) is 5.13 Å². The Hall–Kier alpha value is -1.91. The number of para-hydroxylation sites is 1. The van der Waals surface area contributed by atoms with Crippen LogP contribution in [0.1, 0.15) is 12.8 Å². The van der Waals surface area contributed by atoms with Gasteiger partial charge in [0, 0.05) is 45.2 Å². The molecular weight excluding hydrogens is 412 g/mol. The predicted molar refractivity (Wildman–Crippen MR) is 114 cm³/mol. The second kappa shape index (κ2) is 8.08. The molecule has 4 rings (SSSR count). The summed E-state index contributed by atoms with van der Waals surface area (Å²) in [5.74, 6) is 0.856. The van der Waals surface area contributed by atoms with E-state index in [2.05, 4.69) is 4.90 Å². The highest BCUT2D eigenvalue weighted by Crippen LogP contribution is 2.34. The molecule has 0 aliphatic carbocycles. The molecule has 0 atom stereocenters. The second-order valence-corrected chi connectivity index (χ2v) is 10.5. The summed E-state index contributed by atoms with van der Waals surface area (Å²) in [6, 6.07) is 5.92. The quantitative estimate of drug-likeness (QED) is 0.722. The van der Waals surface area contributed by atoms with E-state index in [9.17, 15) is 13.2 Å². The number of rotatable bonds is 4. The van der Waals surface area contributed by atoms with Crippen molar-refractivity contribution in [2.45, 2.75) is 12.8 Å². The number of anilines is 1. The summed E-state index contributed by atoms with van der Waals surface area (Å²) in [5, 5.41) is 0.957. The molecule has 29 heavy (non-hydrogen) atoms. The van der Waals surface area contributed by atoms with Crippen molar-refractivity contribution in [3.63, 3.8) is 0 Å². The van der Waals surface area contributed by atoms with Gasteiger partial charge >= 0.3 is 0 Å². The largest absolute Gasteiger partial charge is 0.494 e. The summed E-state index contributed by atoms with van der Waals surface area (Å²) in [5.41, 5.74) is 0.881. The topological polar surface area (TPSA) is 83.0 Å². The van der Waals surface area contributed by atoms with Crippen LogP contribution < -0.4 is 9.64 Å². The zero-order valence-electron chi connectivity index (χ0n) is 16.7. The molecule has 2 saturated heterocycles. The minimum absolute atomic E-state index is 0.0775. The number of piperazine rings is 1. The average molecular weight is 439 g/mol. The Morgan fingerprint density at radius 3 is 2.45 bits per heavy atom. The monoisotopic (exact) mass is 438 g/mol. The van der Waals surface area contributed by atoms with Gasteiger partial charge < -0.3 is 14.5 Å². The Labute approximate surface area is 175 Å². The summed E-state index contributed by atoms with van der Waals surface area (Å²) in [4.78, 5) is 21.8. The lowest BCUT2D eigenvalue weighted by Crippen LogP contribution is -2.52. The van der Waals surface area contributed by atoms with E-state index in [1.807, 2.05) is 23.1 Å². The van der Waals surface area contributed by atoms with Gasteiger partial charge in [0.2, 0.25) is 15.9 Å². The summed E-state index contributed by atoms with van der Waals surface area (Å²) >= 11 is 1.64. The maximum Gasteiger partial charge on any atom is 0.225 e. The van der Waals surface area contributed by atoms with Crippen molar-refractivity contribution in [1.82, 2.24) is 14.2 Å². The lowest BCUT2D eigenvalue weighted by molar-refractivity contribution is -0.137. The highest BCUT2D eigenvalue weighted by atomic mass is 32.2. The number of nitrogens with zero attached hydrogens (tertiary/aromatic N) is 4. The van der Waals surface area contributed by atoms with Crippen LogP contribution in [0.2, 0.25) is 0 Å². The third-order valence-corrected chi connectivity index (χ3v) is 8.11. The highest BCUT2D eigenvalue weighted by molar-refractivity contribution is 7.88. The molecule has 158 valence electrons. The third-order valence-electron chi connectivity index (χ3n) is 5.72. The molecule has 0 radical (unpaired) electrons. The van der Waals surface area contributed by atoms with Crippen LogP contribution in [0.3, 0.4) is 0 Å². The molecule has 3 heterocycles. The molecule has 0 spiro atoms. The minimum atomic E-state index is -3.17. The number of sulfonamides is 1. The van der Waals surface area contributed by atoms with Crippen molar-refractivity contribution in [2.75, 3.05) is 57.5 Å². The fourth-order valence-corrected chi connectivity index (χ4v) is 5.93.